The molecule has 0 aromatic carbocycles. The summed E-state index contributed by atoms with van der Waals surface area (Å²) in [6, 6.07) is 1.93. The van der Waals surface area contributed by atoms with E-state index in [2.05, 4.69) is 9.97 Å². The van der Waals surface area contributed by atoms with Crippen LogP contribution in [-0.2, 0) is 4.79 Å². The van der Waals surface area contributed by atoms with E-state index in [4.69, 9.17) is 5.26 Å². The van der Waals surface area contributed by atoms with Crippen LogP contribution in [0.2, 0.25) is 0 Å². The molecule has 0 saturated carbocycles. The lowest BCUT2D eigenvalue weighted by atomic mass is 10.3. The van der Waals surface area contributed by atoms with Gasteiger partial charge >= 0.3 is 0 Å². The van der Waals surface area contributed by atoms with Crippen LogP contribution >= 0.6 is 0 Å². The Balaban J connectivity index is 2.44. The highest BCUT2D eigenvalue weighted by Crippen LogP contribution is 2.22. The second-order valence-electron chi connectivity index (χ2n) is 3.63. The lowest BCUT2D eigenvalue weighted by Gasteiger charge is -2.15. The summed E-state index contributed by atoms with van der Waals surface area (Å²) in [6.45, 7) is 1.87. The van der Waals surface area contributed by atoms with E-state index in [0.717, 1.165) is 0 Å². The highest BCUT2D eigenvalue weighted by molar-refractivity contribution is 5.96. The second-order valence-corrected chi connectivity index (χ2v) is 3.63. The minimum Gasteiger partial charge on any atom is -0.391 e. The van der Waals surface area contributed by atoms with Gasteiger partial charge in [-0.3, -0.25) is 9.69 Å². The third kappa shape index (κ3) is 1.73. The largest absolute Gasteiger partial charge is 0.391 e. The fraction of sp³-hybridized carbons (Fsp3) is 0.400. The summed E-state index contributed by atoms with van der Waals surface area (Å²) in [6.07, 6.45) is 0.776. The first-order valence-electron chi connectivity index (χ1n) is 4.84. The molecule has 0 radical (unpaired) electrons. The summed E-state index contributed by atoms with van der Waals surface area (Å²) in [5.41, 5.74) is 0.244. The molecule has 0 spiro atoms. The van der Waals surface area contributed by atoms with Crippen LogP contribution in [0.5, 0.6) is 0 Å². The summed E-state index contributed by atoms with van der Waals surface area (Å²) in [5, 5.41) is 18.3. The molecule has 1 atom stereocenters. The van der Waals surface area contributed by atoms with Crippen LogP contribution in [-0.4, -0.2) is 33.6 Å². The van der Waals surface area contributed by atoms with E-state index in [1.165, 1.54) is 11.1 Å². The number of aliphatic hydroxyl groups excluding tert-OH is 1. The highest BCUT2D eigenvalue weighted by Gasteiger charge is 2.31. The lowest BCUT2D eigenvalue weighted by Crippen LogP contribution is -2.27. The Kier molecular flexibility index (Phi) is 2.54. The maximum Gasteiger partial charge on any atom is 0.230 e. The molecule has 16 heavy (non-hydrogen) atoms. The van der Waals surface area contributed by atoms with Gasteiger partial charge in [-0.2, -0.15) is 5.26 Å². The number of β-amino-alcohol motifs (C(OH)–C–C–N with tert-alkyl or cyclic N) is 1. The molecule has 1 aromatic rings. The van der Waals surface area contributed by atoms with Gasteiger partial charge in [-0.15, -0.1) is 0 Å². The summed E-state index contributed by atoms with van der Waals surface area (Å²) in [5.74, 6) is 0.557. The van der Waals surface area contributed by atoms with Crippen molar-refractivity contribution in [3.8, 4) is 6.07 Å². The molecule has 6 nitrogen and oxygen atoms in total. The van der Waals surface area contributed by atoms with E-state index in [0.29, 0.717) is 5.82 Å². The minimum absolute atomic E-state index is 0.0773. The van der Waals surface area contributed by atoms with E-state index >= 15 is 0 Å². The molecule has 1 aliphatic heterocycles. The number of rotatable bonds is 1. The standard InChI is InChI=1S/C10H10N4O2/c1-6-12-4-7(3-11)10(13-6)14-5-8(15)2-9(14)16/h4,8,15H,2,5H2,1H3. The molecule has 0 aliphatic carbocycles. The summed E-state index contributed by atoms with van der Waals surface area (Å²) in [4.78, 5) is 20.9. The molecule has 0 bridgehead atoms. The number of nitrogens with zero attached hydrogens (tertiary/aromatic N) is 4. The van der Waals surface area contributed by atoms with Crippen LogP contribution in [0.25, 0.3) is 0 Å². The predicted molar refractivity (Wildman–Crippen MR) is 54.5 cm³/mol. The smallest absolute Gasteiger partial charge is 0.230 e. The van der Waals surface area contributed by atoms with E-state index in [-0.39, 0.29) is 30.3 Å². The molecule has 6 heteroatoms. The number of hydrogen-bond acceptors (Lipinski definition) is 5. The van der Waals surface area contributed by atoms with Crippen molar-refractivity contribution in [2.75, 3.05) is 11.4 Å². The van der Waals surface area contributed by atoms with Gasteiger partial charge in [0.2, 0.25) is 5.91 Å². The average Bonchev–Trinajstić information content (AvgIpc) is 2.57. The molecule has 2 heterocycles. The van der Waals surface area contributed by atoms with E-state index in [1.54, 1.807) is 6.92 Å². The average molecular weight is 218 g/mol. The molecule has 82 valence electrons. The Labute approximate surface area is 92.2 Å². The van der Waals surface area contributed by atoms with Crippen LogP contribution < -0.4 is 4.90 Å². The van der Waals surface area contributed by atoms with Crippen LogP contribution in [0, 0.1) is 18.3 Å². The molecule has 1 aliphatic rings. The van der Waals surface area contributed by atoms with Gasteiger partial charge in [0.05, 0.1) is 25.3 Å². The van der Waals surface area contributed by atoms with Crippen LogP contribution in [0.15, 0.2) is 6.20 Å². The number of amides is 1. The van der Waals surface area contributed by atoms with Crippen molar-refractivity contribution in [2.45, 2.75) is 19.4 Å². The summed E-state index contributed by atoms with van der Waals surface area (Å²) in [7, 11) is 0. The molecule has 2 rings (SSSR count). The van der Waals surface area contributed by atoms with Crippen molar-refractivity contribution < 1.29 is 9.90 Å². The van der Waals surface area contributed by atoms with Gasteiger partial charge in [0.25, 0.3) is 0 Å². The third-order valence-corrected chi connectivity index (χ3v) is 2.37. The number of nitriles is 1. The highest BCUT2D eigenvalue weighted by atomic mass is 16.3. The van der Waals surface area contributed by atoms with Gasteiger partial charge in [0.15, 0.2) is 5.82 Å². The SMILES string of the molecule is Cc1ncc(C#N)c(N2CC(O)CC2=O)n1. The molecule has 1 fully saturated rings. The first-order valence-corrected chi connectivity index (χ1v) is 4.84. The number of hydrogen-bond donors (Lipinski definition) is 1. The number of aromatic nitrogens is 2. The Morgan fingerprint density at radius 2 is 2.44 bits per heavy atom. The zero-order chi connectivity index (χ0) is 11.7. The minimum atomic E-state index is -0.686. The van der Waals surface area contributed by atoms with E-state index in [1.807, 2.05) is 6.07 Å². The molecule has 1 N–H and O–H groups in total. The quantitative estimate of drug-likeness (QED) is 0.702. The van der Waals surface area contributed by atoms with E-state index < -0.39 is 6.10 Å². The number of anilines is 1. The first kappa shape index (κ1) is 10.5. The second kappa shape index (κ2) is 3.87. The lowest BCUT2D eigenvalue weighted by molar-refractivity contribution is -0.117. The summed E-state index contributed by atoms with van der Waals surface area (Å²) >= 11 is 0. The van der Waals surface area contributed by atoms with Gasteiger partial charge in [-0.05, 0) is 6.92 Å². The maximum absolute atomic E-state index is 11.6. The van der Waals surface area contributed by atoms with E-state index in [9.17, 15) is 9.90 Å². The van der Waals surface area contributed by atoms with Crippen LogP contribution in [0.4, 0.5) is 5.82 Å². The van der Waals surface area contributed by atoms with Gasteiger partial charge < -0.3 is 5.11 Å². The normalized spacial score (nSPS) is 19.9. The zero-order valence-corrected chi connectivity index (χ0v) is 8.71. The van der Waals surface area contributed by atoms with Gasteiger partial charge in [0.1, 0.15) is 17.5 Å². The number of carbonyl (C=O) groups excluding carboxylic acids is 1. The Morgan fingerprint density at radius 3 is 3.00 bits per heavy atom. The number of aryl methyl sites for hydroxylation is 1. The molecular weight excluding hydrogens is 208 g/mol. The first-order chi connectivity index (χ1) is 7.61. The third-order valence-electron chi connectivity index (χ3n) is 2.37. The molecule has 1 amide bonds. The van der Waals surface area contributed by atoms with Crippen molar-refractivity contribution in [3.63, 3.8) is 0 Å². The molecular formula is C10H10N4O2. The van der Waals surface area contributed by atoms with Gasteiger partial charge in [-0.1, -0.05) is 0 Å². The van der Waals surface area contributed by atoms with Crippen LogP contribution in [0.3, 0.4) is 0 Å². The number of aliphatic hydroxyl groups is 1. The monoisotopic (exact) mass is 218 g/mol. The zero-order valence-electron chi connectivity index (χ0n) is 8.71. The summed E-state index contributed by atoms with van der Waals surface area (Å²) < 4.78 is 0. The Bertz CT molecular complexity index is 480. The van der Waals surface area contributed by atoms with Crippen molar-refractivity contribution in [1.82, 2.24) is 9.97 Å². The number of carbonyl (C=O) groups is 1. The van der Waals surface area contributed by atoms with Crippen molar-refractivity contribution in [1.29, 1.82) is 5.26 Å². The van der Waals surface area contributed by atoms with Gasteiger partial charge in [-0.25, -0.2) is 9.97 Å². The van der Waals surface area contributed by atoms with Crippen molar-refractivity contribution in [3.05, 3.63) is 17.6 Å². The fourth-order valence-electron chi connectivity index (χ4n) is 1.64. The van der Waals surface area contributed by atoms with Gasteiger partial charge in [0, 0.05) is 0 Å². The molecule has 1 unspecified atom stereocenters. The Hall–Kier alpha value is -2.00. The topological polar surface area (TPSA) is 90.1 Å². The maximum atomic E-state index is 11.6. The molecule has 1 saturated heterocycles. The van der Waals surface area contributed by atoms with Crippen molar-refractivity contribution >= 4 is 11.7 Å². The predicted octanol–water partition coefficient (Wildman–Crippen LogP) is -0.246. The van der Waals surface area contributed by atoms with Crippen molar-refractivity contribution in [2.24, 2.45) is 0 Å². The van der Waals surface area contributed by atoms with Crippen LogP contribution in [0.1, 0.15) is 17.8 Å². The molecule has 1 aromatic heterocycles. The Morgan fingerprint density at radius 1 is 1.69 bits per heavy atom. The fourth-order valence-corrected chi connectivity index (χ4v) is 1.64.